The van der Waals surface area contributed by atoms with Crippen LogP contribution < -0.4 is 10.2 Å². The molecule has 28 heavy (non-hydrogen) atoms. The van der Waals surface area contributed by atoms with Crippen LogP contribution in [0.1, 0.15) is 32.1 Å². The maximum absolute atomic E-state index is 12.9. The smallest absolute Gasteiger partial charge is 0.289 e. The summed E-state index contributed by atoms with van der Waals surface area (Å²) in [6.45, 7) is 0.351. The van der Waals surface area contributed by atoms with Gasteiger partial charge in [-0.05, 0) is 25.0 Å². The van der Waals surface area contributed by atoms with E-state index in [1.165, 1.54) is 4.90 Å². The third kappa shape index (κ3) is 3.65. The Bertz CT molecular complexity index is 784. The van der Waals surface area contributed by atoms with E-state index in [-0.39, 0.29) is 47.2 Å². The molecule has 1 N–H and O–H groups in total. The highest BCUT2D eigenvalue weighted by molar-refractivity contribution is 8.14. The molecule has 1 saturated carbocycles. The van der Waals surface area contributed by atoms with Gasteiger partial charge in [0.25, 0.3) is 5.24 Å². The summed E-state index contributed by atoms with van der Waals surface area (Å²) in [5, 5.41) is 2.83. The van der Waals surface area contributed by atoms with Gasteiger partial charge < -0.3 is 10.2 Å². The van der Waals surface area contributed by atoms with E-state index in [1.807, 2.05) is 30.3 Å². The van der Waals surface area contributed by atoms with Crippen LogP contribution in [-0.2, 0) is 14.4 Å². The van der Waals surface area contributed by atoms with Crippen LogP contribution in [0.15, 0.2) is 30.3 Å². The van der Waals surface area contributed by atoms with Gasteiger partial charge in [-0.15, -0.1) is 0 Å². The molecule has 1 aromatic rings. The number of rotatable bonds is 4. The molecule has 148 valence electrons. The van der Waals surface area contributed by atoms with E-state index in [2.05, 4.69) is 5.32 Å². The van der Waals surface area contributed by atoms with Crippen molar-refractivity contribution in [3.63, 3.8) is 0 Å². The number of carbonyl (C=O) groups excluding carboxylic acids is 4. The van der Waals surface area contributed by atoms with Gasteiger partial charge in [0.2, 0.25) is 17.7 Å². The molecule has 8 heteroatoms. The van der Waals surface area contributed by atoms with Gasteiger partial charge in [0.05, 0.1) is 17.7 Å². The molecular weight excluding hydrogens is 378 g/mol. The summed E-state index contributed by atoms with van der Waals surface area (Å²) in [5.41, 5.74) is 0.795. The molecule has 2 aliphatic heterocycles. The monoisotopic (exact) mass is 401 g/mol. The molecule has 3 aliphatic rings. The lowest BCUT2D eigenvalue weighted by molar-refractivity contribution is -0.130. The fourth-order valence-corrected chi connectivity index (χ4v) is 5.08. The number of nitrogens with one attached hydrogen (secondary N) is 1. The fourth-order valence-electron chi connectivity index (χ4n) is 4.31. The van der Waals surface area contributed by atoms with Crippen LogP contribution in [0.2, 0.25) is 0 Å². The molecule has 1 aliphatic carbocycles. The normalized spacial score (nSPS) is 28.1. The maximum Gasteiger partial charge on any atom is 0.289 e. The number of benzene rings is 1. The lowest BCUT2D eigenvalue weighted by Crippen LogP contribution is -2.55. The molecule has 4 amide bonds. The lowest BCUT2D eigenvalue weighted by atomic mass is 9.88. The summed E-state index contributed by atoms with van der Waals surface area (Å²) >= 11 is 1.02. The van der Waals surface area contributed by atoms with Crippen LogP contribution >= 0.6 is 11.8 Å². The van der Waals surface area contributed by atoms with E-state index in [0.717, 1.165) is 36.7 Å². The zero-order valence-electron chi connectivity index (χ0n) is 15.5. The lowest BCUT2D eigenvalue weighted by Gasteiger charge is -2.37. The van der Waals surface area contributed by atoms with Crippen LogP contribution in [0.5, 0.6) is 0 Å². The standard InChI is InChI=1S/C20H23N3O4S/c24-17-10-13(11-22(17)14-6-2-1-3-7-14)19(26)21-15-8-4-5-9-16(15)23-18(25)12-28-20(23)27/h1-3,6-7,13,15-16H,4-5,8-12H2,(H,21,26). The van der Waals surface area contributed by atoms with E-state index in [9.17, 15) is 19.2 Å². The van der Waals surface area contributed by atoms with Crippen LogP contribution in [0.3, 0.4) is 0 Å². The number of amides is 4. The Balaban J connectivity index is 1.43. The minimum Gasteiger partial charge on any atom is -0.351 e. The molecule has 2 heterocycles. The van der Waals surface area contributed by atoms with E-state index in [0.29, 0.717) is 13.0 Å². The predicted octanol–water partition coefficient (Wildman–Crippen LogP) is 2.16. The van der Waals surface area contributed by atoms with Crippen molar-refractivity contribution in [1.82, 2.24) is 10.2 Å². The van der Waals surface area contributed by atoms with E-state index >= 15 is 0 Å². The third-order valence-corrected chi connectivity index (χ3v) is 6.57. The summed E-state index contributed by atoms with van der Waals surface area (Å²) in [5.74, 6) is -0.649. The summed E-state index contributed by atoms with van der Waals surface area (Å²) in [4.78, 5) is 52.5. The molecule has 2 saturated heterocycles. The van der Waals surface area contributed by atoms with Gasteiger partial charge in [0, 0.05) is 24.7 Å². The number of carbonyl (C=O) groups is 4. The number of anilines is 1. The minimum absolute atomic E-state index is 0.0622. The van der Waals surface area contributed by atoms with Gasteiger partial charge in [0.15, 0.2) is 0 Å². The number of imide groups is 1. The second kappa shape index (κ2) is 7.95. The Labute approximate surface area is 167 Å². The first-order chi connectivity index (χ1) is 13.5. The Hall–Kier alpha value is -2.35. The Kier molecular flexibility index (Phi) is 5.39. The maximum atomic E-state index is 12.9. The number of nitrogens with zero attached hydrogens (tertiary/aromatic N) is 2. The highest BCUT2D eigenvalue weighted by Gasteiger charge is 2.42. The van der Waals surface area contributed by atoms with Crippen LogP contribution in [0.25, 0.3) is 0 Å². The zero-order valence-corrected chi connectivity index (χ0v) is 16.3. The first kappa shape index (κ1) is 19.0. The van der Waals surface area contributed by atoms with Crippen molar-refractivity contribution in [3.8, 4) is 0 Å². The van der Waals surface area contributed by atoms with Crippen molar-refractivity contribution in [2.75, 3.05) is 17.2 Å². The molecule has 0 spiro atoms. The van der Waals surface area contributed by atoms with Gasteiger partial charge in [0.1, 0.15) is 0 Å². The average molecular weight is 401 g/mol. The molecule has 0 bridgehead atoms. The summed E-state index contributed by atoms with van der Waals surface area (Å²) in [7, 11) is 0. The van der Waals surface area contributed by atoms with Gasteiger partial charge in [-0.3, -0.25) is 24.1 Å². The van der Waals surface area contributed by atoms with Gasteiger partial charge in [-0.2, -0.15) is 0 Å². The van der Waals surface area contributed by atoms with Gasteiger partial charge >= 0.3 is 0 Å². The molecule has 3 fully saturated rings. The number of thioether (sulfide) groups is 1. The van der Waals surface area contributed by atoms with E-state index < -0.39 is 5.92 Å². The molecule has 0 aromatic heterocycles. The second-order valence-electron chi connectivity index (χ2n) is 7.53. The molecule has 3 unspecified atom stereocenters. The van der Waals surface area contributed by atoms with Crippen molar-refractivity contribution >= 4 is 40.4 Å². The zero-order chi connectivity index (χ0) is 19.7. The molecule has 7 nitrogen and oxygen atoms in total. The van der Waals surface area contributed by atoms with Gasteiger partial charge in [-0.1, -0.05) is 42.8 Å². The van der Waals surface area contributed by atoms with E-state index in [1.54, 1.807) is 4.90 Å². The number of para-hydroxylation sites is 1. The van der Waals surface area contributed by atoms with Crippen molar-refractivity contribution in [1.29, 1.82) is 0 Å². The molecule has 3 atom stereocenters. The first-order valence-corrected chi connectivity index (χ1v) is 10.7. The summed E-state index contributed by atoms with van der Waals surface area (Å²) in [6, 6.07) is 8.81. The first-order valence-electron chi connectivity index (χ1n) is 9.69. The highest BCUT2D eigenvalue weighted by atomic mass is 32.2. The molecule has 4 rings (SSSR count). The SMILES string of the molecule is O=C(NC1CCCCC1N1C(=O)CSC1=O)C1CC(=O)N(c2ccccc2)C1. The van der Waals surface area contributed by atoms with E-state index in [4.69, 9.17) is 0 Å². The van der Waals surface area contributed by atoms with Gasteiger partial charge in [-0.25, -0.2) is 0 Å². The van der Waals surface area contributed by atoms with Crippen LogP contribution in [-0.4, -0.2) is 52.2 Å². The number of hydrogen-bond acceptors (Lipinski definition) is 5. The largest absolute Gasteiger partial charge is 0.351 e. The van der Waals surface area contributed by atoms with Crippen molar-refractivity contribution < 1.29 is 19.2 Å². The summed E-state index contributed by atoms with van der Waals surface area (Å²) in [6.07, 6.45) is 3.51. The van der Waals surface area contributed by atoms with Crippen molar-refractivity contribution in [2.45, 2.75) is 44.2 Å². The topological polar surface area (TPSA) is 86.8 Å². The molecule has 0 radical (unpaired) electrons. The van der Waals surface area contributed by atoms with Crippen LogP contribution in [0.4, 0.5) is 10.5 Å². The fraction of sp³-hybridized carbons (Fsp3) is 0.500. The Morgan fingerprint density at radius 3 is 2.50 bits per heavy atom. The van der Waals surface area contributed by atoms with Crippen LogP contribution in [0, 0.1) is 5.92 Å². The second-order valence-corrected chi connectivity index (χ2v) is 8.45. The average Bonchev–Trinajstić information content (AvgIpc) is 3.25. The minimum atomic E-state index is -0.422. The molecular formula is C20H23N3O4S. The summed E-state index contributed by atoms with van der Waals surface area (Å²) < 4.78 is 0. The van der Waals surface area contributed by atoms with Crippen molar-refractivity contribution in [2.24, 2.45) is 5.92 Å². The Morgan fingerprint density at radius 1 is 1.04 bits per heavy atom. The highest BCUT2D eigenvalue weighted by Crippen LogP contribution is 2.31. The molecule has 1 aromatic carbocycles. The third-order valence-electron chi connectivity index (χ3n) is 5.74. The Morgan fingerprint density at radius 2 is 1.79 bits per heavy atom. The van der Waals surface area contributed by atoms with Crippen molar-refractivity contribution in [3.05, 3.63) is 30.3 Å². The quantitative estimate of drug-likeness (QED) is 0.836. The number of hydrogen-bond donors (Lipinski definition) is 1. The predicted molar refractivity (Wildman–Crippen MR) is 106 cm³/mol.